The lowest BCUT2D eigenvalue weighted by atomic mass is 10.1. The Morgan fingerprint density at radius 2 is 2.38 bits per heavy atom. The standard InChI is InChI=1S/C12H16ClNO2/c1-8-4-5-10(13)9(12(8)15)7-16-11-3-2-6-14-11/h4-5,11,14-15H,2-3,6-7H2,1H3. The predicted octanol–water partition coefficient (Wildman–Crippen LogP) is 2.58. The maximum absolute atomic E-state index is 9.87. The molecule has 1 aromatic rings. The fraction of sp³-hybridized carbons (Fsp3) is 0.500. The number of halogens is 1. The minimum atomic E-state index is 0.0935. The van der Waals surface area contributed by atoms with Crippen LogP contribution in [0.25, 0.3) is 0 Å². The maximum atomic E-state index is 9.87. The van der Waals surface area contributed by atoms with Crippen molar-refractivity contribution in [2.45, 2.75) is 32.6 Å². The van der Waals surface area contributed by atoms with Gasteiger partial charge in [-0.05, 0) is 37.9 Å². The first kappa shape index (κ1) is 11.7. The highest BCUT2D eigenvalue weighted by Gasteiger charge is 2.16. The molecule has 0 aliphatic carbocycles. The van der Waals surface area contributed by atoms with Crippen LogP contribution in [-0.2, 0) is 11.3 Å². The number of benzene rings is 1. The van der Waals surface area contributed by atoms with Crippen molar-refractivity contribution in [2.75, 3.05) is 6.54 Å². The molecule has 2 rings (SSSR count). The molecule has 1 fully saturated rings. The summed E-state index contributed by atoms with van der Waals surface area (Å²) in [5, 5.41) is 13.7. The van der Waals surface area contributed by atoms with E-state index in [2.05, 4.69) is 5.32 Å². The molecule has 16 heavy (non-hydrogen) atoms. The average Bonchev–Trinajstić information content (AvgIpc) is 2.77. The summed E-state index contributed by atoms with van der Waals surface area (Å²) in [6.45, 7) is 3.20. The predicted molar refractivity (Wildman–Crippen MR) is 63.7 cm³/mol. The molecule has 1 unspecified atom stereocenters. The molecule has 2 N–H and O–H groups in total. The molecule has 1 heterocycles. The summed E-state index contributed by atoms with van der Waals surface area (Å²) >= 11 is 6.03. The van der Waals surface area contributed by atoms with Crippen LogP contribution in [0.2, 0.25) is 5.02 Å². The first-order valence-electron chi connectivity index (χ1n) is 5.50. The van der Waals surface area contributed by atoms with Crippen molar-refractivity contribution in [3.63, 3.8) is 0 Å². The van der Waals surface area contributed by atoms with Gasteiger partial charge in [0.15, 0.2) is 0 Å². The Bertz CT molecular complexity index is 376. The van der Waals surface area contributed by atoms with Crippen molar-refractivity contribution in [3.05, 3.63) is 28.3 Å². The third-order valence-electron chi connectivity index (χ3n) is 2.87. The summed E-state index contributed by atoms with van der Waals surface area (Å²) in [6.07, 6.45) is 2.25. The van der Waals surface area contributed by atoms with Gasteiger partial charge >= 0.3 is 0 Å². The van der Waals surface area contributed by atoms with Gasteiger partial charge in [0.25, 0.3) is 0 Å². The molecule has 1 aliphatic heterocycles. The third-order valence-corrected chi connectivity index (χ3v) is 3.23. The van der Waals surface area contributed by atoms with Crippen molar-refractivity contribution in [3.8, 4) is 5.75 Å². The molecule has 0 radical (unpaired) electrons. The average molecular weight is 242 g/mol. The summed E-state index contributed by atoms with van der Waals surface area (Å²) in [7, 11) is 0. The van der Waals surface area contributed by atoms with Crippen LogP contribution in [0, 0.1) is 6.92 Å². The van der Waals surface area contributed by atoms with Gasteiger partial charge < -0.3 is 9.84 Å². The minimum Gasteiger partial charge on any atom is -0.507 e. The number of aromatic hydroxyl groups is 1. The van der Waals surface area contributed by atoms with Gasteiger partial charge in [-0.1, -0.05) is 17.7 Å². The van der Waals surface area contributed by atoms with Crippen LogP contribution in [0.5, 0.6) is 5.75 Å². The zero-order valence-corrected chi connectivity index (χ0v) is 10.0. The molecule has 0 spiro atoms. The van der Waals surface area contributed by atoms with Crippen LogP contribution >= 0.6 is 11.6 Å². The highest BCUT2D eigenvalue weighted by atomic mass is 35.5. The molecule has 3 nitrogen and oxygen atoms in total. The van der Waals surface area contributed by atoms with Gasteiger partial charge in [-0.3, -0.25) is 5.32 Å². The fourth-order valence-corrected chi connectivity index (χ4v) is 2.05. The van der Waals surface area contributed by atoms with E-state index in [0.29, 0.717) is 17.2 Å². The van der Waals surface area contributed by atoms with Crippen molar-refractivity contribution >= 4 is 11.6 Å². The normalized spacial score (nSPS) is 20.2. The van der Waals surface area contributed by atoms with Gasteiger partial charge in [-0.15, -0.1) is 0 Å². The lowest BCUT2D eigenvalue weighted by Gasteiger charge is -2.14. The molecule has 1 aliphatic rings. The van der Waals surface area contributed by atoms with Crippen LogP contribution in [-0.4, -0.2) is 17.9 Å². The molecule has 1 saturated heterocycles. The first-order chi connectivity index (χ1) is 7.68. The Labute approximate surface area is 100 Å². The fourth-order valence-electron chi connectivity index (χ4n) is 1.84. The Balaban J connectivity index is 2.05. The molecular weight excluding hydrogens is 226 g/mol. The zero-order valence-electron chi connectivity index (χ0n) is 9.29. The Kier molecular flexibility index (Phi) is 3.69. The van der Waals surface area contributed by atoms with Crippen LogP contribution in [0.15, 0.2) is 12.1 Å². The van der Waals surface area contributed by atoms with E-state index in [-0.39, 0.29) is 12.0 Å². The van der Waals surface area contributed by atoms with E-state index < -0.39 is 0 Å². The van der Waals surface area contributed by atoms with Crippen molar-refractivity contribution in [2.24, 2.45) is 0 Å². The highest BCUT2D eigenvalue weighted by Crippen LogP contribution is 2.30. The second-order valence-corrected chi connectivity index (χ2v) is 4.49. The summed E-state index contributed by atoms with van der Waals surface area (Å²) in [5.74, 6) is 0.241. The number of phenols is 1. The van der Waals surface area contributed by atoms with Gasteiger partial charge in [0.1, 0.15) is 12.0 Å². The molecule has 0 aromatic heterocycles. The minimum absolute atomic E-state index is 0.0935. The summed E-state index contributed by atoms with van der Waals surface area (Å²) in [5.41, 5.74) is 1.50. The smallest absolute Gasteiger partial charge is 0.125 e. The van der Waals surface area contributed by atoms with E-state index in [1.807, 2.05) is 6.92 Å². The summed E-state index contributed by atoms with van der Waals surface area (Å²) < 4.78 is 5.65. The number of rotatable bonds is 3. The van der Waals surface area contributed by atoms with E-state index in [1.54, 1.807) is 12.1 Å². The van der Waals surface area contributed by atoms with Gasteiger partial charge in [-0.25, -0.2) is 0 Å². The quantitative estimate of drug-likeness (QED) is 0.855. The number of hydrogen-bond donors (Lipinski definition) is 2. The molecule has 0 saturated carbocycles. The molecule has 0 bridgehead atoms. The molecule has 1 aromatic carbocycles. The maximum Gasteiger partial charge on any atom is 0.125 e. The Hall–Kier alpha value is -0.770. The topological polar surface area (TPSA) is 41.5 Å². The lowest BCUT2D eigenvalue weighted by molar-refractivity contribution is 0.0302. The van der Waals surface area contributed by atoms with E-state index in [0.717, 1.165) is 24.9 Å². The van der Waals surface area contributed by atoms with Crippen LogP contribution in [0.4, 0.5) is 0 Å². The number of ether oxygens (including phenoxy) is 1. The SMILES string of the molecule is Cc1ccc(Cl)c(COC2CCCN2)c1O. The van der Waals surface area contributed by atoms with Gasteiger partial charge in [-0.2, -0.15) is 0 Å². The van der Waals surface area contributed by atoms with Crippen LogP contribution in [0.3, 0.4) is 0 Å². The highest BCUT2D eigenvalue weighted by molar-refractivity contribution is 6.31. The Morgan fingerprint density at radius 3 is 3.06 bits per heavy atom. The van der Waals surface area contributed by atoms with E-state index in [1.165, 1.54) is 0 Å². The van der Waals surface area contributed by atoms with Crippen molar-refractivity contribution in [1.29, 1.82) is 0 Å². The van der Waals surface area contributed by atoms with Gasteiger partial charge in [0.2, 0.25) is 0 Å². The largest absolute Gasteiger partial charge is 0.507 e. The second-order valence-electron chi connectivity index (χ2n) is 4.09. The van der Waals surface area contributed by atoms with Crippen molar-refractivity contribution < 1.29 is 9.84 Å². The molecule has 88 valence electrons. The number of phenolic OH excluding ortho intramolecular Hbond substituents is 1. The molecule has 0 amide bonds. The van der Waals surface area contributed by atoms with Gasteiger partial charge in [0.05, 0.1) is 6.61 Å². The lowest BCUT2D eigenvalue weighted by Crippen LogP contribution is -2.24. The summed E-state index contributed by atoms with van der Waals surface area (Å²) in [6, 6.07) is 3.59. The number of aryl methyl sites for hydroxylation is 1. The molecule has 1 atom stereocenters. The van der Waals surface area contributed by atoms with Gasteiger partial charge in [0, 0.05) is 10.6 Å². The summed E-state index contributed by atoms with van der Waals surface area (Å²) in [4.78, 5) is 0. The number of hydrogen-bond acceptors (Lipinski definition) is 3. The van der Waals surface area contributed by atoms with E-state index >= 15 is 0 Å². The van der Waals surface area contributed by atoms with Crippen LogP contribution in [0.1, 0.15) is 24.0 Å². The van der Waals surface area contributed by atoms with Crippen molar-refractivity contribution in [1.82, 2.24) is 5.32 Å². The molecular formula is C12H16ClNO2. The Morgan fingerprint density at radius 1 is 1.56 bits per heavy atom. The monoisotopic (exact) mass is 241 g/mol. The zero-order chi connectivity index (χ0) is 11.5. The third kappa shape index (κ3) is 2.48. The van der Waals surface area contributed by atoms with E-state index in [4.69, 9.17) is 16.3 Å². The molecule has 4 heteroatoms. The number of nitrogens with one attached hydrogen (secondary N) is 1. The van der Waals surface area contributed by atoms with Crippen LogP contribution < -0.4 is 5.32 Å². The second kappa shape index (κ2) is 5.04. The van der Waals surface area contributed by atoms with E-state index in [9.17, 15) is 5.11 Å². The first-order valence-corrected chi connectivity index (χ1v) is 5.88.